The minimum Gasteiger partial charge on any atom is -0.339 e. The van der Waals surface area contributed by atoms with Gasteiger partial charge in [-0.1, -0.05) is 66.7 Å². The number of hydrogen-bond acceptors (Lipinski definition) is 3. The lowest BCUT2D eigenvalue weighted by molar-refractivity contribution is -0.132. The largest absolute Gasteiger partial charge is 0.339 e. The monoisotopic (exact) mass is 425 g/mol. The lowest BCUT2D eigenvalue weighted by atomic mass is 9.96. The first-order chi connectivity index (χ1) is 15.7. The van der Waals surface area contributed by atoms with Crippen molar-refractivity contribution in [3.8, 4) is 0 Å². The summed E-state index contributed by atoms with van der Waals surface area (Å²) in [6.45, 7) is 1.15. The van der Waals surface area contributed by atoms with Crippen molar-refractivity contribution in [3.63, 3.8) is 0 Å². The van der Waals surface area contributed by atoms with Crippen LogP contribution in [0.2, 0.25) is 0 Å². The maximum absolute atomic E-state index is 13.1. The van der Waals surface area contributed by atoms with Crippen LogP contribution in [0, 0.1) is 5.92 Å². The average molecular weight is 426 g/mol. The molecule has 0 aromatic heterocycles. The number of nitrogens with zero attached hydrogens (tertiary/aromatic N) is 2. The van der Waals surface area contributed by atoms with E-state index in [1.807, 2.05) is 107 Å². The molecular formula is C27H27N3O2. The highest BCUT2D eigenvalue weighted by molar-refractivity contribution is 5.92. The van der Waals surface area contributed by atoms with Crippen molar-refractivity contribution < 1.29 is 9.59 Å². The minimum absolute atomic E-state index is 0.0112. The number of carbonyl (C=O) groups excluding carboxylic acids is 2. The SMILES string of the molecule is O=C(NN(c1ccccc1)c1ccccc1)C1CCN(C(=O)C=Cc2ccccc2)CC1. The summed E-state index contributed by atoms with van der Waals surface area (Å²) in [6, 6.07) is 29.3. The van der Waals surface area contributed by atoms with E-state index in [0.717, 1.165) is 16.9 Å². The summed E-state index contributed by atoms with van der Waals surface area (Å²) in [5, 5.41) is 1.82. The number of para-hydroxylation sites is 2. The highest BCUT2D eigenvalue weighted by Crippen LogP contribution is 2.24. The number of carbonyl (C=O) groups is 2. The number of anilines is 2. The van der Waals surface area contributed by atoms with Gasteiger partial charge in [-0.15, -0.1) is 0 Å². The van der Waals surface area contributed by atoms with Crippen LogP contribution in [-0.2, 0) is 9.59 Å². The molecule has 1 aliphatic heterocycles. The van der Waals surface area contributed by atoms with Gasteiger partial charge in [-0.05, 0) is 48.7 Å². The first-order valence-corrected chi connectivity index (χ1v) is 10.9. The molecule has 0 bridgehead atoms. The van der Waals surface area contributed by atoms with Gasteiger partial charge in [0.25, 0.3) is 0 Å². The molecule has 0 radical (unpaired) electrons. The lowest BCUT2D eigenvalue weighted by Gasteiger charge is -2.33. The normalized spacial score (nSPS) is 14.3. The first kappa shape index (κ1) is 21.4. The van der Waals surface area contributed by atoms with Crippen LogP contribution >= 0.6 is 0 Å². The number of piperidine rings is 1. The Morgan fingerprint density at radius 3 is 1.81 bits per heavy atom. The predicted molar refractivity (Wildman–Crippen MR) is 128 cm³/mol. The fraction of sp³-hybridized carbons (Fsp3) is 0.185. The quantitative estimate of drug-likeness (QED) is 0.456. The summed E-state index contributed by atoms with van der Waals surface area (Å²) in [5.74, 6) is -0.167. The van der Waals surface area contributed by atoms with Gasteiger partial charge in [0.1, 0.15) is 0 Å². The Balaban J connectivity index is 1.36. The molecule has 1 saturated heterocycles. The molecule has 1 N–H and O–H groups in total. The molecule has 0 atom stereocenters. The second-order valence-corrected chi connectivity index (χ2v) is 7.83. The molecule has 0 unspecified atom stereocenters. The Labute approximate surface area is 188 Å². The fourth-order valence-electron chi connectivity index (χ4n) is 3.83. The molecule has 1 fully saturated rings. The Morgan fingerprint density at radius 2 is 1.28 bits per heavy atom. The molecule has 5 nitrogen and oxygen atoms in total. The van der Waals surface area contributed by atoms with Crippen molar-refractivity contribution >= 4 is 29.3 Å². The number of likely N-dealkylation sites (tertiary alicyclic amines) is 1. The molecule has 1 heterocycles. The summed E-state index contributed by atoms with van der Waals surface area (Å²) >= 11 is 0. The third-order valence-corrected chi connectivity index (χ3v) is 5.65. The smallest absolute Gasteiger partial charge is 0.246 e. The Hall–Kier alpha value is -3.86. The average Bonchev–Trinajstić information content (AvgIpc) is 2.87. The van der Waals surface area contributed by atoms with Gasteiger partial charge in [-0.2, -0.15) is 0 Å². The van der Waals surface area contributed by atoms with Crippen molar-refractivity contribution in [2.75, 3.05) is 18.1 Å². The van der Waals surface area contributed by atoms with Crippen LogP contribution < -0.4 is 10.4 Å². The van der Waals surface area contributed by atoms with Crippen LogP contribution in [-0.4, -0.2) is 29.8 Å². The third kappa shape index (κ3) is 5.43. The van der Waals surface area contributed by atoms with Gasteiger partial charge in [0.2, 0.25) is 11.8 Å². The van der Waals surface area contributed by atoms with Gasteiger partial charge in [0.15, 0.2) is 0 Å². The molecular weight excluding hydrogens is 398 g/mol. The zero-order valence-corrected chi connectivity index (χ0v) is 17.9. The van der Waals surface area contributed by atoms with E-state index in [1.54, 1.807) is 6.08 Å². The second kappa shape index (κ2) is 10.4. The van der Waals surface area contributed by atoms with Gasteiger partial charge in [-0.25, -0.2) is 0 Å². The maximum atomic E-state index is 13.1. The van der Waals surface area contributed by atoms with E-state index < -0.39 is 0 Å². The molecule has 0 saturated carbocycles. The number of rotatable bonds is 6. The number of hydrazine groups is 1. The highest BCUT2D eigenvalue weighted by atomic mass is 16.2. The van der Waals surface area contributed by atoms with Crippen LogP contribution in [0.1, 0.15) is 18.4 Å². The van der Waals surface area contributed by atoms with Crippen molar-refractivity contribution in [3.05, 3.63) is 103 Å². The van der Waals surface area contributed by atoms with Crippen LogP contribution in [0.5, 0.6) is 0 Å². The fourth-order valence-corrected chi connectivity index (χ4v) is 3.83. The third-order valence-electron chi connectivity index (χ3n) is 5.65. The molecule has 2 amide bonds. The van der Waals surface area contributed by atoms with E-state index in [0.29, 0.717) is 25.9 Å². The maximum Gasteiger partial charge on any atom is 0.246 e. The van der Waals surface area contributed by atoms with E-state index in [4.69, 9.17) is 0 Å². The molecule has 32 heavy (non-hydrogen) atoms. The molecule has 162 valence electrons. The first-order valence-electron chi connectivity index (χ1n) is 10.9. The van der Waals surface area contributed by atoms with Gasteiger partial charge in [0.05, 0.1) is 11.4 Å². The second-order valence-electron chi connectivity index (χ2n) is 7.83. The number of benzene rings is 3. The Kier molecular flexibility index (Phi) is 6.98. The molecule has 1 aliphatic rings. The number of amides is 2. The van der Waals surface area contributed by atoms with Crippen LogP contribution in [0.25, 0.3) is 6.08 Å². The highest BCUT2D eigenvalue weighted by Gasteiger charge is 2.28. The van der Waals surface area contributed by atoms with E-state index in [1.165, 1.54) is 0 Å². The summed E-state index contributed by atoms with van der Waals surface area (Å²) in [7, 11) is 0. The van der Waals surface area contributed by atoms with Crippen LogP contribution in [0.15, 0.2) is 97.1 Å². The van der Waals surface area contributed by atoms with E-state index >= 15 is 0 Å². The lowest BCUT2D eigenvalue weighted by Crippen LogP contribution is -2.46. The van der Waals surface area contributed by atoms with Crippen molar-refractivity contribution in [1.29, 1.82) is 0 Å². The minimum atomic E-state index is -0.132. The Morgan fingerprint density at radius 1 is 0.781 bits per heavy atom. The standard InChI is InChI=1S/C27H27N3O2/c31-26(17-16-22-10-4-1-5-11-22)29-20-18-23(19-21-29)27(32)28-30(24-12-6-2-7-13-24)25-14-8-3-9-15-25/h1-17,23H,18-21H2,(H,28,32). The van der Waals surface area contributed by atoms with E-state index in [9.17, 15) is 9.59 Å². The van der Waals surface area contributed by atoms with Gasteiger partial charge < -0.3 is 4.90 Å². The van der Waals surface area contributed by atoms with Crippen LogP contribution in [0.3, 0.4) is 0 Å². The predicted octanol–water partition coefficient (Wildman–Crippen LogP) is 4.81. The number of nitrogens with one attached hydrogen (secondary N) is 1. The zero-order chi connectivity index (χ0) is 22.2. The molecule has 5 heteroatoms. The van der Waals surface area contributed by atoms with Gasteiger partial charge in [0, 0.05) is 25.1 Å². The summed E-state index contributed by atoms with van der Waals surface area (Å²) in [6.07, 6.45) is 4.74. The summed E-state index contributed by atoms with van der Waals surface area (Å²) in [4.78, 5) is 27.4. The molecule has 0 spiro atoms. The molecule has 0 aliphatic carbocycles. The van der Waals surface area contributed by atoms with Gasteiger partial charge in [-0.3, -0.25) is 20.0 Å². The molecule has 4 rings (SSSR count). The van der Waals surface area contributed by atoms with E-state index in [2.05, 4.69) is 5.43 Å². The zero-order valence-electron chi connectivity index (χ0n) is 17.9. The van der Waals surface area contributed by atoms with Gasteiger partial charge >= 0.3 is 0 Å². The van der Waals surface area contributed by atoms with Crippen LogP contribution in [0.4, 0.5) is 11.4 Å². The summed E-state index contributed by atoms with van der Waals surface area (Å²) in [5.41, 5.74) is 5.87. The van der Waals surface area contributed by atoms with Crippen molar-refractivity contribution in [2.24, 2.45) is 5.92 Å². The molecule has 3 aromatic rings. The molecule has 3 aromatic carbocycles. The van der Waals surface area contributed by atoms with Crippen molar-refractivity contribution in [1.82, 2.24) is 10.3 Å². The Bertz CT molecular complexity index is 1000. The van der Waals surface area contributed by atoms with E-state index in [-0.39, 0.29) is 17.7 Å². The summed E-state index contributed by atoms with van der Waals surface area (Å²) < 4.78 is 0. The number of hydrogen-bond donors (Lipinski definition) is 1. The van der Waals surface area contributed by atoms with Crippen molar-refractivity contribution in [2.45, 2.75) is 12.8 Å². The topological polar surface area (TPSA) is 52.7 Å².